The fourth-order valence-corrected chi connectivity index (χ4v) is 4.89. The maximum absolute atomic E-state index is 13.4. The van der Waals surface area contributed by atoms with Crippen LogP contribution in [0.15, 0.2) is 16.6 Å². The van der Waals surface area contributed by atoms with Gasteiger partial charge in [-0.05, 0) is 58.9 Å². The molecule has 0 spiro atoms. The predicted octanol–water partition coefficient (Wildman–Crippen LogP) is 5.23. The highest BCUT2D eigenvalue weighted by atomic mass is 79.9. The molecule has 1 aliphatic heterocycles. The number of likely N-dealkylation sites (tertiary alicyclic amines) is 1. The summed E-state index contributed by atoms with van der Waals surface area (Å²) in [6, 6.07) is 2.52. The summed E-state index contributed by atoms with van der Waals surface area (Å²) in [6.07, 6.45) is 5.69. The molecule has 2 N–H and O–H groups in total. The number of carbonyl (C=O) groups excluding carboxylic acids is 2. The summed E-state index contributed by atoms with van der Waals surface area (Å²) in [5.41, 5.74) is -0.298. The van der Waals surface area contributed by atoms with E-state index >= 15 is 0 Å². The van der Waals surface area contributed by atoms with Crippen LogP contribution in [0.4, 0.5) is 16.2 Å². The van der Waals surface area contributed by atoms with Crippen molar-refractivity contribution >= 4 is 39.3 Å². The quantitative estimate of drug-likeness (QED) is 0.402. The molecule has 0 radical (unpaired) electrons. The Morgan fingerprint density at radius 2 is 1.73 bits per heavy atom. The van der Waals surface area contributed by atoms with Crippen LogP contribution in [0, 0.1) is 10.1 Å². The summed E-state index contributed by atoms with van der Waals surface area (Å²) >= 11 is 3.33. The van der Waals surface area contributed by atoms with Crippen LogP contribution in [0.25, 0.3) is 0 Å². The van der Waals surface area contributed by atoms with Gasteiger partial charge in [-0.1, -0.05) is 28.8 Å². The number of nitrogens with one attached hydrogen (secondary N) is 2. The Morgan fingerprint density at radius 1 is 1.09 bits per heavy atom. The number of rotatable bonds is 5. The van der Waals surface area contributed by atoms with Crippen LogP contribution in [-0.4, -0.2) is 52.6 Å². The molecule has 9 nitrogen and oxygen atoms in total. The zero-order chi connectivity index (χ0) is 24.2. The molecule has 1 aliphatic carbocycles. The topological polar surface area (TPSA) is 114 Å². The second-order valence-corrected chi connectivity index (χ2v) is 10.7. The highest BCUT2D eigenvalue weighted by Crippen LogP contribution is 2.36. The Hall–Kier alpha value is -2.36. The lowest BCUT2D eigenvalue weighted by molar-refractivity contribution is -0.384. The first kappa shape index (κ1) is 25.3. The standard InChI is InChI=1S/C23H33BrN4O5/c1-23(2,3)33-22(30)26-18-10-6-5-9-17(18)25-20-16(13-15(24)14-19(20)28(31)32)21(29)27-11-7-4-8-12-27/h13-14,17-18,25H,4-12H2,1-3H3,(H,26,30)/t17-,18+/m1/s1. The van der Waals surface area contributed by atoms with Gasteiger partial charge in [-0.3, -0.25) is 14.9 Å². The van der Waals surface area contributed by atoms with Crippen LogP contribution >= 0.6 is 15.9 Å². The van der Waals surface area contributed by atoms with Crippen molar-refractivity contribution in [1.82, 2.24) is 10.2 Å². The van der Waals surface area contributed by atoms with E-state index in [9.17, 15) is 19.7 Å². The van der Waals surface area contributed by atoms with Crippen LogP contribution in [0.1, 0.15) is 76.1 Å². The number of amides is 2. The number of hydrogen-bond acceptors (Lipinski definition) is 6. The number of benzene rings is 1. The van der Waals surface area contributed by atoms with Crippen molar-refractivity contribution in [2.45, 2.75) is 83.4 Å². The summed E-state index contributed by atoms with van der Waals surface area (Å²) < 4.78 is 5.88. The van der Waals surface area contributed by atoms with E-state index in [4.69, 9.17) is 4.74 Å². The summed E-state index contributed by atoms with van der Waals surface area (Å²) in [5.74, 6) is -0.214. The maximum atomic E-state index is 13.4. The van der Waals surface area contributed by atoms with E-state index in [1.165, 1.54) is 6.07 Å². The second-order valence-electron chi connectivity index (χ2n) is 9.75. The first-order chi connectivity index (χ1) is 15.5. The Morgan fingerprint density at radius 3 is 2.33 bits per heavy atom. The molecule has 33 heavy (non-hydrogen) atoms. The zero-order valence-electron chi connectivity index (χ0n) is 19.5. The molecule has 3 rings (SSSR count). The summed E-state index contributed by atoms with van der Waals surface area (Å²) in [5, 5.41) is 18.1. The Balaban J connectivity index is 1.90. The Kier molecular flexibility index (Phi) is 8.20. The highest BCUT2D eigenvalue weighted by molar-refractivity contribution is 9.10. The molecular formula is C23H33BrN4O5. The highest BCUT2D eigenvalue weighted by Gasteiger charge is 2.33. The van der Waals surface area contributed by atoms with Crippen LogP contribution in [0.2, 0.25) is 0 Å². The number of halogens is 1. The fraction of sp³-hybridized carbons (Fsp3) is 0.652. The predicted molar refractivity (Wildman–Crippen MR) is 130 cm³/mol. The van der Waals surface area contributed by atoms with Crippen molar-refractivity contribution < 1.29 is 19.2 Å². The molecule has 2 fully saturated rings. The molecule has 1 heterocycles. The minimum atomic E-state index is -0.625. The SMILES string of the molecule is CC(C)(C)OC(=O)N[C@H]1CCCC[C@H]1Nc1c(C(=O)N2CCCCC2)cc(Br)cc1[N+](=O)[O-]. The van der Waals surface area contributed by atoms with E-state index in [0.29, 0.717) is 24.0 Å². The first-order valence-corrected chi connectivity index (χ1v) is 12.4. The van der Waals surface area contributed by atoms with Crippen molar-refractivity contribution in [2.75, 3.05) is 18.4 Å². The zero-order valence-corrected chi connectivity index (χ0v) is 21.1. The van der Waals surface area contributed by atoms with Gasteiger partial charge in [0, 0.05) is 29.7 Å². The van der Waals surface area contributed by atoms with Gasteiger partial charge < -0.3 is 20.3 Å². The number of nitrogens with zero attached hydrogens (tertiary/aromatic N) is 2. The molecule has 10 heteroatoms. The van der Waals surface area contributed by atoms with Crippen LogP contribution in [0.3, 0.4) is 0 Å². The molecule has 1 saturated carbocycles. The normalized spacial score (nSPS) is 21.3. The fourth-order valence-electron chi connectivity index (χ4n) is 4.44. The number of anilines is 1. The van der Waals surface area contributed by atoms with Crippen molar-refractivity contribution in [3.05, 3.63) is 32.3 Å². The third kappa shape index (κ3) is 6.82. The lowest BCUT2D eigenvalue weighted by Crippen LogP contribution is -2.50. The second kappa shape index (κ2) is 10.7. The van der Waals surface area contributed by atoms with E-state index < -0.39 is 16.6 Å². The molecule has 1 aromatic carbocycles. The van der Waals surface area contributed by atoms with Crippen molar-refractivity contribution in [3.63, 3.8) is 0 Å². The minimum Gasteiger partial charge on any atom is -0.444 e. The smallest absolute Gasteiger partial charge is 0.407 e. The summed E-state index contributed by atoms with van der Waals surface area (Å²) in [7, 11) is 0. The van der Waals surface area contributed by atoms with Crippen molar-refractivity contribution in [2.24, 2.45) is 0 Å². The Bertz CT molecular complexity index is 896. The molecule has 1 saturated heterocycles. The van der Waals surface area contributed by atoms with Crippen LogP contribution in [0.5, 0.6) is 0 Å². The van der Waals surface area contributed by atoms with Gasteiger partial charge in [0.25, 0.3) is 11.6 Å². The first-order valence-electron chi connectivity index (χ1n) is 11.6. The maximum Gasteiger partial charge on any atom is 0.407 e. The Labute approximate surface area is 202 Å². The van der Waals surface area contributed by atoms with Gasteiger partial charge in [0.05, 0.1) is 16.5 Å². The molecule has 2 aliphatic rings. The van der Waals surface area contributed by atoms with Crippen LogP contribution in [-0.2, 0) is 4.74 Å². The van der Waals surface area contributed by atoms with Gasteiger partial charge in [-0.2, -0.15) is 0 Å². The number of nitro benzene ring substituents is 1. The molecule has 182 valence electrons. The van der Waals surface area contributed by atoms with Crippen molar-refractivity contribution in [3.8, 4) is 0 Å². The monoisotopic (exact) mass is 524 g/mol. The minimum absolute atomic E-state index is 0.161. The van der Waals surface area contributed by atoms with Crippen molar-refractivity contribution in [1.29, 1.82) is 0 Å². The third-order valence-corrected chi connectivity index (χ3v) is 6.41. The van der Waals surface area contributed by atoms with Gasteiger partial charge >= 0.3 is 6.09 Å². The van der Waals surface area contributed by atoms with E-state index in [1.54, 1.807) is 31.7 Å². The molecule has 2 atom stereocenters. The molecule has 2 amide bonds. The number of ether oxygens (including phenoxy) is 1. The number of hydrogen-bond donors (Lipinski definition) is 2. The van der Waals surface area contributed by atoms with Gasteiger partial charge in [0.15, 0.2) is 0 Å². The summed E-state index contributed by atoms with van der Waals surface area (Å²) in [4.78, 5) is 38.9. The van der Waals surface area contributed by atoms with Gasteiger partial charge in [0.1, 0.15) is 11.3 Å². The lowest BCUT2D eigenvalue weighted by Gasteiger charge is -2.34. The summed E-state index contributed by atoms with van der Waals surface area (Å²) in [6.45, 7) is 6.68. The third-order valence-electron chi connectivity index (χ3n) is 5.95. The number of alkyl carbamates (subject to hydrolysis) is 1. The molecule has 0 unspecified atom stereocenters. The molecule has 1 aromatic rings. The van der Waals surface area contributed by atoms with Gasteiger partial charge in [-0.15, -0.1) is 0 Å². The van der Waals surface area contributed by atoms with E-state index in [1.807, 2.05) is 0 Å². The van der Waals surface area contributed by atoms with Gasteiger partial charge in [-0.25, -0.2) is 4.79 Å². The largest absolute Gasteiger partial charge is 0.444 e. The molecule has 0 aromatic heterocycles. The van der Waals surface area contributed by atoms with E-state index in [2.05, 4.69) is 26.6 Å². The van der Waals surface area contributed by atoms with E-state index in [0.717, 1.165) is 38.5 Å². The number of carbonyl (C=O) groups is 2. The molecular weight excluding hydrogens is 492 g/mol. The lowest BCUT2D eigenvalue weighted by atomic mass is 9.89. The van der Waals surface area contributed by atoms with Crippen LogP contribution < -0.4 is 10.6 Å². The molecule has 0 bridgehead atoms. The van der Waals surface area contributed by atoms with E-state index in [-0.39, 0.29) is 34.9 Å². The van der Waals surface area contributed by atoms with Gasteiger partial charge in [0.2, 0.25) is 0 Å². The average molecular weight is 525 g/mol. The number of piperidine rings is 1. The average Bonchev–Trinajstić information content (AvgIpc) is 2.74. The number of nitro groups is 1.